The van der Waals surface area contributed by atoms with Crippen molar-refractivity contribution in [1.29, 1.82) is 0 Å². The molecular weight excluding hydrogens is 233 g/mol. The maximum Gasteiger partial charge on any atom is 0.222 e. The molecule has 0 amide bonds. The fraction of sp³-hybridized carbons (Fsp3) is 0.231. The van der Waals surface area contributed by atoms with Crippen LogP contribution in [-0.2, 0) is 0 Å². The highest BCUT2D eigenvalue weighted by Crippen LogP contribution is 2.27. The molecule has 1 aromatic heterocycles. The van der Waals surface area contributed by atoms with Crippen molar-refractivity contribution in [2.45, 2.75) is 19.8 Å². The summed E-state index contributed by atoms with van der Waals surface area (Å²) < 4.78 is 18.4. The van der Waals surface area contributed by atoms with Crippen molar-refractivity contribution in [2.75, 3.05) is 5.73 Å². The van der Waals surface area contributed by atoms with Gasteiger partial charge in [0.05, 0.1) is 11.4 Å². The zero-order valence-electron chi connectivity index (χ0n) is 10.2. The Bertz CT molecular complexity index is 558. The van der Waals surface area contributed by atoms with Crippen molar-refractivity contribution in [2.24, 2.45) is 0 Å². The summed E-state index contributed by atoms with van der Waals surface area (Å²) in [6.45, 7) is 4.05. The minimum absolute atomic E-state index is 0.236. The quantitative estimate of drug-likeness (QED) is 0.846. The van der Waals surface area contributed by atoms with Gasteiger partial charge < -0.3 is 10.5 Å². The van der Waals surface area contributed by atoms with Gasteiger partial charge >= 0.3 is 0 Å². The number of nitrogens with two attached hydrogens (primary N) is 1. The van der Waals surface area contributed by atoms with Crippen LogP contribution in [0.2, 0.25) is 0 Å². The third-order valence-corrected chi connectivity index (χ3v) is 2.44. The average Bonchev–Trinajstić information content (AvgIpc) is 2.33. The third kappa shape index (κ3) is 2.74. The molecular formula is C13H14FN3O. The van der Waals surface area contributed by atoms with E-state index in [1.54, 1.807) is 6.07 Å². The number of rotatable bonds is 3. The van der Waals surface area contributed by atoms with Crippen LogP contribution in [0.4, 0.5) is 10.1 Å². The lowest BCUT2D eigenvalue weighted by Gasteiger charge is -2.09. The van der Waals surface area contributed by atoms with Crippen molar-refractivity contribution in [3.05, 3.63) is 42.1 Å². The minimum Gasteiger partial charge on any atom is -0.437 e. The molecule has 18 heavy (non-hydrogen) atoms. The van der Waals surface area contributed by atoms with Crippen LogP contribution in [0.5, 0.6) is 11.6 Å². The summed E-state index contributed by atoms with van der Waals surface area (Å²) in [5.74, 6) is 0.656. The first-order chi connectivity index (χ1) is 8.56. The molecule has 2 rings (SSSR count). The van der Waals surface area contributed by atoms with Crippen molar-refractivity contribution < 1.29 is 9.13 Å². The Morgan fingerprint density at radius 1 is 1.22 bits per heavy atom. The van der Waals surface area contributed by atoms with Gasteiger partial charge in [-0.2, -0.15) is 0 Å². The highest BCUT2D eigenvalue weighted by atomic mass is 19.1. The van der Waals surface area contributed by atoms with E-state index < -0.39 is 5.82 Å². The van der Waals surface area contributed by atoms with Crippen LogP contribution in [0.25, 0.3) is 0 Å². The molecule has 1 aromatic carbocycles. The predicted molar refractivity (Wildman–Crippen MR) is 67.0 cm³/mol. The topological polar surface area (TPSA) is 61.0 Å². The van der Waals surface area contributed by atoms with Crippen molar-refractivity contribution in [3.63, 3.8) is 0 Å². The van der Waals surface area contributed by atoms with Crippen LogP contribution in [0.1, 0.15) is 25.5 Å². The third-order valence-electron chi connectivity index (χ3n) is 2.44. The first-order valence-corrected chi connectivity index (χ1v) is 5.61. The Morgan fingerprint density at radius 2 is 2.00 bits per heavy atom. The largest absolute Gasteiger partial charge is 0.437 e. The zero-order chi connectivity index (χ0) is 13.1. The van der Waals surface area contributed by atoms with Gasteiger partial charge in [-0.1, -0.05) is 13.8 Å². The van der Waals surface area contributed by atoms with Gasteiger partial charge in [-0.25, -0.2) is 14.4 Å². The van der Waals surface area contributed by atoms with E-state index in [0.29, 0.717) is 11.6 Å². The second-order valence-corrected chi connectivity index (χ2v) is 4.22. The zero-order valence-corrected chi connectivity index (χ0v) is 10.2. The molecule has 0 saturated carbocycles. The summed E-state index contributed by atoms with van der Waals surface area (Å²) in [4.78, 5) is 8.13. The highest BCUT2D eigenvalue weighted by Gasteiger charge is 2.07. The summed E-state index contributed by atoms with van der Waals surface area (Å²) in [5.41, 5.74) is 6.77. The van der Waals surface area contributed by atoms with Gasteiger partial charge in [0.1, 0.15) is 12.1 Å². The van der Waals surface area contributed by atoms with E-state index in [0.717, 1.165) is 5.69 Å². The minimum atomic E-state index is -0.398. The Labute approximate surface area is 105 Å². The predicted octanol–water partition coefficient (Wildman–Crippen LogP) is 3.11. The van der Waals surface area contributed by atoms with Gasteiger partial charge in [0, 0.05) is 12.1 Å². The number of halogens is 1. The Balaban J connectivity index is 2.25. The molecule has 0 aliphatic rings. The molecule has 0 unspecified atom stereocenters. The van der Waals surface area contributed by atoms with Crippen LogP contribution >= 0.6 is 0 Å². The molecule has 0 bridgehead atoms. The van der Waals surface area contributed by atoms with E-state index in [-0.39, 0.29) is 11.6 Å². The second-order valence-electron chi connectivity index (χ2n) is 4.22. The standard InChI is InChI=1S/C13H14FN3O/c1-8(2)11-6-13(17-7-16-11)18-12-4-3-9(14)5-10(12)15/h3-8H,15H2,1-2H3. The average molecular weight is 247 g/mol. The molecule has 0 spiro atoms. The molecule has 0 atom stereocenters. The lowest BCUT2D eigenvalue weighted by atomic mass is 10.1. The lowest BCUT2D eigenvalue weighted by molar-refractivity contribution is 0.460. The molecule has 2 N–H and O–H groups in total. The lowest BCUT2D eigenvalue weighted by Crippen LogP contribution is -1.98. The number of nitrogens with zero attached hydrogens (tertiary/aromatic N) is 2. The van der Waals surface area contributed by atoms with Gasteiger partial charge in [-0.05, 0) is 18.1 Å². The SMILES string of the molecule is CC(C)c1cc(Oc2ccc(F)cc2N)ncn1. The summed E-state index contributed by atoms with van der Waals surface area (Å²) in [6, 6.07) is 5.71. The number of anilines is 1. The van der Waals surface area contributed by atoms with Crippen LogP contribution in [-0.4, -0.2) is 9.97 Å². The number of ether oxygens (including phenoxy) is 1. The van der Waals surface area contributed by atoms with Crippen molar-refractivity contribution in [3.8, 4) is 11.6 Å². The van der Waals surface area contributed by atoms with E-state index in [2.05, 4.69) is 9.97 Å². The fourth-order valence-corrected chi connectivity index (χ4v) is 1.45. The number of aromatic nitrogens is 2. The normalized spacial score (nSPS) is 10.7. The van der Waals surface area contributed by atoms with Gasteiger partial charge in [-0.3, -0.25) is 0 Å². The molecule has 0 fully saturated rings. The Morgan fingerprint density at radius 3 is 2.67 bits per heavy atom. The molecule has 1 heterocycles. The van der Waals surface area contributed by atoms with E-state index in [4.69, 9.17) is 10.5 Å². The first kappa shape index (κ1) is 12.3. The molecule has 0 aliphatic heterocycles. The summed E-state index contributed by atoms with van der Waals surface area (Å²) >= 11 is 0. The number of hydrogen-bond acceptors (Lipinski definition) is 4. The molecule has 5 heteroatoms. The second kappa shape index (κ2) is 5.00. The van der Waals surface area contributed by atoms with Gasteiger partial charge in [-0.15, -0.1) is 0 Å². The Kier molecular flexibility index (Phi) is 3.41. The fourth-order valence-electron chi connectivity index (χ4n) is 1.45. The van der Waals surface area contributed by atoms with E-state index in [1.165, 1.54) is 24.5 Å². The van der Waals surface area contributed by atoms with Crippen LogP contribution in [0.3, 0.4) is 0 Å². The monoisotopic (exact) mass is 247 g/mol. The van der Waals surface area contributed by atoms with Gasteiger partial charge in [0.15, 0.2) is 5.75 Å². The summed E-state index contributed by atoms with van der Waals surface area (Å²) in [5, 5.41) is 0. The van der Waals surface area contributed by atoms with E-state index in [9.17, 15) is 4.39 Å². The molecule has 0 saturated heterocycles. The van der Waals surface area contributed by atoms with E-state index >= 15 is 0 Å². The molecule has 0 aliphatic carbocycles. The first-order valence-electron chi connectivity index (χ1n) is 5.61. The maximum absolute atomic E-state index is 12.9. The smallest absolute Gasteiger partial charge is 0.222 e. The highest BCUT2D eigenvalue weighted by molar-refractivity contribution is 5.53. The number of benzene rings is 1. The maximum atomic E-state index is 12.9. The van der Waals surface area contributed by atoms with Crippen molar-refractivity contribution >= 4 is 5.69 Å². The molecule has 4 nitrogen and oxygen atoms in total. The molecule has 0 radical (unpaired) electrons. The van der Waals surface area contributed by atoms with E-state index in [1.807, 2.05) is 13.8 Å². The van der Waals surface area contributed by atoms with Crippen molar-refractivity contribution in [1.82, 2.24) is 9.97 Å². The Hall–Kier alpha value is -2.17. The number of nitrogen functional groups attached to an aromatic ring is 1. The summed E-state index contributed by atoms with van der Waals surface area (Å²) in [7, 11) is 0. The molecule has 94 valence electrons. The number of hydrogen-bond donors (Lipinski definition) is 1. The summed E-state index contributed by atoms with van der Waals surface area (Å²) in [6.07, 6.45) is 1.43. The van der Waals surface area contributed by atoms with Crippen LogP contribution < -0.4 is 10.5 Å². The van der Waals surface area contributed by atoms with Crippen LogP contribution in [0, 0.1) is 5.82 Å². The van der Waals surface area contributed by atoms with Gasteiger partial charge in [0.2, 0.25) is 5.88 Å². The molecule has 2 aromatic rings. The van der Waals surface area contributed by atoms with Crippen LogP contribution in [0.15, 0.2) is 30.6 Å². The van der Waals surface area contributed by atoms with Gasteiger partial charge in [0.25, 0.3) is 0 Å².